The van der Waals surface area contributed by atoms with Crippen LogP contribution in [0, 0.1) is 5.95 Å². The summed E-state index contributed by atoms with van der Waals surface area (Å²) in [4.78, 5) is 0. The van der Waals surface area contributed by atoms with Crippen LogP contribution in [-0.4, -0.2) is 4.40 Å². The average Bonchev–Trinajstić information content (AvgIpc) is 2.57. The summed E-state index contributed by atoms with van der Waals surface area (Å²) >= 11 is 0. The molecule has 2 aromatic heterocycles. The van der Waals surface area contributed by atoms with E-state index in [1.165, 1.54) is 12.1 Å². The van der Waals surface area contributed by atoms with E-state index in [9.17, 15) is 17.6 Å². The van der Waals surface area contributed by atoms with Crippen LogP contribution in [0.3, 0.4) is 0 Å². The summed E-state index contributed by atoms with van der Waals surface area (Å²) in [5.41, 5.74) is -0.579. The monoisotopic (exact) mass is 245 g/mol. The van der Waals surface area contributed by atoms with Crippen LogP contribution in [0.4, 0.5) is 17.6 Å². The first-order valence-electron chi connectivity index (χ1n) is 5.19. The van der Waals surface area contributed by atoms with Gasteiger partial charge in [0.25, 0.3) is 0 Å². The fourth-order valence-electron chi connectivity index (χ4n) is 2.00. The molecule has 0 N–H and O–H groups in total. The summed E-state index contributed by atoms with van der Waals surface area (Å²) in [5.74, 6) is -1.09. The second-order valence-corrected chi connectivity index (χ2v) is 4.20. The Hall–Kier alpha value is -1.52. The summed E-state index contributed by atoms with van der Waals surface area (Å²) < 4.78 is 53.2. The molecular formula is C12H11F4N. The van der Waals surface area contributed by atoms with Gasteiger partial charge in [-0.1, -0.05) is 19.9 Å². The number of hydrogen-bond acceptors (Lipinski definition) is 0. The second-order valence-electron chi connectivity index (χ2n) is 4.20. The number of fused-ring (bicyclic) bond motifs is 1. The number of halogens is 4. The van der Waals surface area contributed by atoms with Gasteiger partial charge in [0.15, 0.2) is 5.95 Å². The normalized spacial score (nSPS) is 12.6. The van der Waals surface area contributed by atoms with E-state index in [1.54, 1.807) is 13.8 Å². The van der Waals surface area contributed by atoms with Gasteiger partial charge in [0.2, 0.25) is 0 Å². The molecule has 0 aromatic carbocycles. The van der Waals surface area contributed by atoms with E-state index >= 15 is 0 Å². The summed E-state index contributed by atoms with van der Waals surface area (Å²) in [7, 11) is 0. The molecule has 0 unspecified atom stereocenters. The van der Waals surface area contributed by atoms with Gasteiger partial charge in [0.05, 0.1) is 5.56 Å². The molecule has 0 aliphatic rings. The molecule has 0 saturated carbocycles. The molecule has 5 heteroatoms. The molecule has 2 rings (SSSR count). The van der Waals surface area contributed by atoms with Crippen molar-refractivity contribution in [1.29, 1.82) is 0 Å². The zero-order chi connectivity index (χ0) is 12.8. The van der Waals surface area contributed by atoms with Crippen molar-refractivity contribution in [2.75, 3.05) is 0 Å². The summed E-state index contributed by atoms with van der Waals surface area (Å²) in [6, 6.07) is 5.00. The van der Waals surface area contributed by atoms with Crippen LogP contribution in [0.5, 0.6) is 0 Å². The average molecular weight is 245 g/mol. The van der Waals surface area contributed by atoms with E-state index in [0.717, 1.165) is 16.5 Å². The zero-order valence-electron chi connectivity index (χ0n) is 9.35. The van der Waals surface area contributed by atoms with Crippen LogP contribution in [0.1, 0.15) is 31.0 Å². The summed E-state index contributed by atoms with van der Waals surface area (Å²) in [6.07, 6.45) is -4.46. The molecule has 0 aliphatic carbocycles. The SMILES string of the molecule is CC(C)c1c(C(F)(F)F)cc2cccc(F)n12. The predicted octanol–water partition coefficient (Wildman–Crippen LogP) is 4.22. The standard InChI is InChI=1S/C12H11F4N/c1-7(2)11-9(12(14,15)16)6-8-4-3-5-10(13)17(8)11/h3-7H,1-2H3. The highest BCUT2D eigenvalue weighted by atomic mass is 19.4. The first kappa shape index (κ1) is 12.0. The molecule has 1 nitrogen and oxygen atoms in total. The molecule has 0 amide bonds. The molecule has 92 valence electrons. The van der Waals surface area contributed by atoms with Crippen LogP contribution in [-0.2, 0) is 6.18 Å². The molecule has 0 fully saturated rings. The largest absolute Gasteiger partial charge is 0.418 e. The third-order valence-electron chi connectivity index (χ3n) is 2.63. The number of nitrogens with zero attached hydrogens (tertiary/aromatic N) is 1. The Kier molecular flexibility index (Phi) is 2.64. The van der Waals surface area contributed by atoms with Gasteiger partial charge in [-0.15, -0.1) is 0 Å². The number of rotatable bonds is 1. The lowest BCUT2D eigenvalue weighted by Gasteiger charge is -2.12. The maximum Gasteiger partial charge on any atom is 0.418 e. The van der Waals surface area contributed by atoms with E-state index in [1.807, 2.05) is 0 Å². The third-order valence-corrected chi connectivity index (χ3v) is 2.63. The van der Waals surface area contributed by atoms with Crippen molar-refractivity contribution in [3.05, 3.63) is 41.5 Å². The lowest BCUT2D eigenvalue weighted by atomic mass is 10.1. The molecule has 17 heavy (non-hydrogen) atoms. The smallest absolute Gasteiger partial charge is 0.290 e. The molecule has 2 aromatic rings. The van der Waals surface area contributed by atoms with Crippen molar-refractivity contribution in [1.82, 2.24) is 4.40 Å². The number of aromatic nitrogens is 1. The van der Waals surface area contributed by atoms with Crippen molar-refractivity contribution in [2.24, 2.45) is 0 Å². The topological polar surface area (TPSA) is 4.41 Å². The van der Waals surface area contributed by atoms with Crippen LogP contribution in [0.15, 0.2) is 24.3 Å². The highest BCUT2D eigenvalue weighted by Gasteiger charge is 2.36. The Bertz CT molecular complexity index is 551. The fraction of sp³-hybridized carbons (Fsp3) is 0.333. The zero-order valence-corrected chi connectivity index (χ0v) is 9.35. The summed E-state index contributed by atoms with van der Waals surface area (Å²) in [5, 5.41) is 0. The molecule has 0 aliphatic heterocycles. The van der Waals surface area contributed by atoms with Crippen molar-refractivity contribution >= 4 is 5.52 Å². The Morgan fingerprint density at radius 2 is 1.82 bits per heavy atom. The minimum Gasteiger partial charge on any atom is -0.290 e. The van der Waals surface area contributed by atoms with Gasteiger partial charge in [-0.05, 0) is 24.1 Å². The van der Waals surface area contributed by atoms with E-state index in [2.05, 4.69) is 0 Å². The lowest BCUT2D eigenvalue weighted by molar-refractivity contribution is -0.138. The Morgan fingerprint density at radius 3 is 2.35 bits per heavy atom. The van der Waals surface area contributed by atoms with Crippen LogP contribution < -0.4 is 0 Å². The lowest BCUT2D eigenvalue weighted by Crippen LogP contribution is -2.10. The van der Waals surface area contributed by atoms with Crippen LogP contribution in [0.25, 0.3) is 5.52 Å². The van der Waals surface area contributed by atoms with Crippen molar-refractivity contribution in [3.63, 3.8) is 0 Å². The van der Waals surface area contributed by atoms with E-state index in [-0.39, 0.29) is 11.2 Å². The van der Waals surface area contributed by atoms with E-state index in [4.69, 9.17) is 0 Å². The van der Waals surface area contributed by atoms with Gasteiger partial charge in [-0.25, -0.2) is 0 Å². The van der Waals surface area contributed by atoms with Crippen molar-refractivity contribution < 1.29 is 17.6 Å². The number of hydrogen-bond donors (Lipinski definition) is 0. The Labute approximate surface area is 95.7 Å². The van der Waals surface area contributed by atoms with Gasteiger partial charge in [0, 0.05) is 11.2 Å². The number of pyridine rings is 1. The maximum atomic E-state index is 13.6. The molecule has 0 radical (unpaired) electrons. The molecular weight excluding hydrogens is 234 g/mol. The molecule has 0 spiro atoms. The fourth-order valence-corrected chi connectivity index (χ4v) is 2.00. The first-order chi connectivity index (χ1) is 7.82. The first-order valence-corrected chi connectivity index (χ1v) is 5.19. The van der Waals surface area contributed by atoms with E-state index in [0.29, 0.717) is 0 Å². The minimum absolute atomic E-state index is 0.0365. The van der Waals surface area contributed by atoms with Crippen molar-refractivity contribution in [3.8, 4) is 0 Å². The van der Waals surface area contributed by atoms with Crippen LogP contribution >= 0.6 is 0 Å². The predicted molar refractivity (Wildman–Crippen MR) is 56.4 cm³/mol. The third kappa shape index (κ3) is 1.90. The second kappa shape index (κ2) is 3.75. The summed E-state index contributed by atoms with van der Waals surface area (Å²) in [6.45, 7) is 3.23. The molecule has 0 saturated heterocycles. The number of alkyl halides is 3. The van der Waals surface area contributed by atoms with Gasteiger partial charge in [-0.2, -0.15) is 17.6 Å². The molecule has 2 heterocycles. The van der Waals surface area contributed by atoms with Gasteiger partial charge >= 0.3 is 6.18 Å². The Morgan fingerprint density at radius 1 is 1.18 bits per heavy atom. The van der Waals surface area contributed by atoms with Crippen molar-refractivity contribution in [2.45, 2.75) is 25.9 Å². The van der Waals surface area contributed by atoms with Gasteiger partial charge < -0.3 is 0 Å². The molecule has 0 bridgehead atoms. The maximum absolute atomic E-state index is 13.6. The quantitative estimate of drug-likeness (QED) is 0.523. The van der Waals surface area contributed by atoms with Gasteiger partial charge in [-0.3, -0.25) is 4.40 Å². The van der Waals surface area contributed by atoms with Crippen LogP contribution in [0.2, 0.25) is 0 Å². The minimum atomic E-state index is -4.46. The van der Waals surface area contributed by atoms with E-state index < -0.39 is 23.6 Å². The highest BCUT2D eigenvalue weighted by molar-refractivity contribution is 5.55. The molecule has 0 atom stereocenters. The highest BCUT2D eigenvalue weighted by Crippen LogP contribution is 2.37. The van der Waals surface area contributed by atoms with Gasteiger partial charge in [0.1, 0.15) is 0 Å². The Balaban J connectivity index is 2.86.